The van der Waals surface area contributed by atoms with Crippen LogP contribution in [0.15, 0.2) is 24.3 Å². The third kappa shape index (κ3) is 6.97. The fourth-order valence-corrected chi connectivity index (χ4v) is 5.87. The van der Waals surface area contributed by atoms with E-state index in [4.69, 9.17) is 0 Å². The first-order valence-electron chi connectivity index (χ1n) is 15.8. The fraction of sp³-hybridized carbons (Fsp3) is 0.375. The molecule has 5 heterocycles. The van der Waals surface area contributed by atoms with Crippen LogP contribution in [-0.4, -0.2) is 68.3 Å². The predicted octanol–water partition coefficient (Wildman–Crippen LogP) is 13.8. The lowest BCUT2D eigenvalue weighted by molar-refractivity contribution is -0.359. The van der Waals surface area contributed by atoms with E-state index in [-0.39, 0.29) is 0 Å². The van der Waals surface area contributed by atoms with Crippen LogP contribution in [0, 0.1) is 0 Å². The van der Waals surface area contributed by atoms with Gasteiger partial charge in [-0.25, -0.2) is 9.97 Å². The number of alkyl halides is 28. The maximum absolute atomic E-state index is 15.6. The van der Waals surface area contributed by atoms with E-state index in [1.807, 2.05) is 0 Å². The maximum Gasteiger partial charge on any atom is 0.460 e. The Bertz CT molecular complexity index is 2440. The summed E-state index contributed by atoms with van der Waals surface area (Å²) in [5, 5.41) is 0. The summed E-state index contributed by atoms with van der Waals surface area (Å²) in [5.41, 5.74) is -31.7. The quantitative estimate of drug-likeness (QED) is 0.152. The van der Waals surface area contributed by atoms with Gasteiger partial charge < -0.3 is 9.97 Å². The highest BCUT2D eigenvalue weighted by Crippen LogP contribution is 2.58. The van der Waals surface area contributed by atoms with E-state index in [1.54, 1.807) is 0 Å². The standard InChI is InChI=1S/C32H10F28N4/c33-21(34,25(41,42)29(49,50)51)17-9-1-2-10(61-9)18(22(35,36)26(43,44)30(52,53)54)12-5-6-14(63-12)20(24(39,40)28(47,48)32(58,59)60)16-8-7-15(64-16)19(13-4-3-11(17)62-13)23(37,38)27(45,46)31(55,56)57/h1-8,61-62H. The van der Waals surface area contributed by atoms with Crippen LogP contribution in [0.25, 0.3) is 46.4 Å². The lowest BCUT2D eigenvalue weighted by Gasteiger charge is -2.29. The maximum atomic E-state index is 15.6. The number of aromatic amines is 2. The molecular weight excluding hydrogens is 972 g/mol. The Morgan fingerprint density at radius 3 is 0.688 bits per heavy atom. The Morgan fingerprint density at radius 1 is 0.266 bits per heavy atom. The molecule has 5 rings (SSSR count). The van der Waals surface area contributed by atoms with Crippen LogP contribution in [0.1, 0.15) is 45.0 Å². The summed E-state index contributed by atoms with van der Waals surface area (Å²) in [6.07, 6.45) is -31.9. The van der Waals surface area contributed by atoms with Gasteiger partial charge in [-0.05, 0) is 48.6 Å². The average molecular weight is 982 g/mol. The Morgan fingerprint density at radius 2 is 0.453 bits per heavy atom. The third-order valence-electron chi connectivity index (χ3n) is 9.01. The van der Waals surface area contributed by atoms with Gasteiger partial charge in [-0.3, -0.25) is 0 Å². The molecule has 0 aromatic carbocycles. The molecule has 8 bridgehead atoms. The van der Waals surface area contributed by atoms with Gasteiger partial charge in [-0.15, -0.1) is 0 Å². The third-order valence-corrected chi connectivity index (χ3v) is 9.01. The van der Waals surface area contributed by atoms with E-state index < -0.39 is 188 Å². The zero-order valence-corrected chi connectivity index (χ0v) is 29.1. The normalized spacial score (nSPS) is 15.7. The van der Waals surface area contributed by atoms with Crippen LogP contribution in [0.3, 0.4) is 0 Å². The Balaban J connectivity index is 2.23. The molecule has 0 aliphatic carbocycles. The highest BCUT2D eigenvalue weighted by Gasteiger charge is 2.78. The van der Waals surface area contributed by atoms with E-state index in [0.717, 1.165) is 9.97 Å². The van der Waals surface area contributed by atoms with Crippen molar-refractivity contribution in [1.82, 2.24) is 19.9 Å². The molecule has 2 aliphatic heterocycles. The second-order valence-electron chi connectivity index (χ2n) is 13.1. The number of hydrogen-bond donors (Lipinski definition) is 2. The zero-order valence-electron chi connectivity index (χ0n) is 29.1. The number of hydrogen-bond acceptors (Lipinski definition) is 2. The monoisotopic (exact) mass is 982 g/mol. The van der Waals surface area contributed by atoms with Gasteiger partial charge >= 0.3 is 72.1 Å². The lowest BCUT2D eigenvalue weighted by Crippen LogP contribution is -2.50. The minimum absolute atomic E-state index is 0.452. The molecule has 0 radical (unpaired) electrons. The summed E-state index contributed by atoms with van der Waals surface area (Å²) in [4.78, 5) is 7.21. The van der Waals surface area contributed by atoms with Crippen LogP contribution < -0.4 is 0 Å². The highest BCUT2D eigenvalue weighted by molar-refractivity contribution is 5.85. The van der Waals surface area contributed by atoms with Gasteiger partial charge in [0.1, 0.15) is 0 Å². The topological polar surface area (TPSA) is 57.4 Å². The number of fused-ring (bicyclic) bond motifs is 8. The van der Waals surface area contributed by atoms with Crippen LogP contribution in [0.2, 0.25) is 0 Å². The fourth-order valence-electron chi connectivity index (χ4n) is 5.87. The molecule has 32 heteroatoms. The van der Waals surface area contributed by atoms with Crippen LogP contribution in [0.5, 0.6) is 0 Å². The molecule has 0 atom stereocenters. The van der Waals surface area contributed by atoms with Gasteiger partial charge in [0, 0.05) is 0 Å². The molecule has 2 aliphatic rings. The zero-order chi connectivity index (χ0) is 49.4. The van der Waals surface area contributed by atoms with Crippen molar-refractivity contribution >= 4 is 46.4 Å². The Hall–Kier alpha value is -5.36. The molecule has 0 unspecified atom stereocenters. The van der Waals surface area contributed by atoms with Gasteiger partial charge in [0.15, 0.2) is 0 Å². The number of aromatic nitrogens is 4. The minimum Gasteiger partial charge on any atom is -0.355 e. The first kappa shape index (κ1) is 49.7. The molecule has 0 saturated heterocycles. The lowest BCUT2D eigenvalue weighted by atomic mass is 9.98. The van der Waals surface area contributed by atoms with Crippen molar-refractivity contribution in [3.05, 3.63) is 69.3 Å². The van der Waals surface area contributed by atoms with Gasteiger partial charge in [0.25, 0.3) is 0 Å². The minimum atomic E-state index is -7.52. The van der Waals surface area contributed by atoms with Crippen molar-refractivity contribution in [3.63, 3.8) is 0 Å². The van der Waals surface area contributed by atoms with Crippen molar-refractivity contribution in [2.24, 2.45) is 0 Å². The molecule has 354 valence electrons. The summed E-state index contributed by atoms with van der Waals surface area (Å²) in [6, 6.07) is -1.82. The number of nitrogens with zero attached hydrogens (tertiary/aromatic N) is 2. The van der Waals surface area contributed by atoms with Gasteiger partial charge in [-0.2, -0.15) is 123 Å². The smallest absolute Gasteiger partial charge is 0.355 e. The second-order valence-corrected chi connectivity index (χ2v) is 13.1. The van der Waals surface area contributed by atoms with E-state index in [2.05, 4.69) is 9.97 Å². The number of halogens is 28. The van der Waals surface area contributed by atoms with E-state index in [9.17, 15) is 87.8 Å². The summed E-state index contributed by atoms with van der Waals surface area (Å²) >= 11 is 0. The van der Waals surface area contributed by atoms with E-state index in [1.165, 1.54) is 0 Å². The van der Waals surface area contributed by atoms with Gasteiger partial charge in [0.05, 0.1) is 67.1 Å². The van der Waals surface area contributed by atoms with Crippen LogP contribution in [0.4, 0.5) is 123 Å². The van der Waals surface area contributed by atoms with E-state index in [0.29, 0.717) is 0 Å². The molecule has 0 spiro atoms. The van der Waals surface area contributed by atoms with Gasteiger partial charge in [-0.1, -0.05) is 0 Å². The molecule has 3 aromatic heterocycles. The second kappa shape index (κ2) is 14.1. The molecule has 64 heavy (non-hydrogen) atoms. The van der Waals surface area contributed by atoms with Crippen molar-refractivity contribution in [1.29, 1.82) is 0 Å². The largest absolute Gasteiger partial charge is 0.460 e. The van der Waals surface area contributed by atoms with Crippen LogP contribution in [-0.2, 0) is 23.7 Å². The molecule has 3 aromatic rings. The predicted molar refractivity (Wildman–Crippen MR) is 158 cm³/mol. The first-order chi connectivity index (χ1) is 28.4. The summed E-state index contributed by atoms with van der Waals surface area (Å²) in [5.74, 6) is -58.2. The number of H-pyrrole nitrogens is 2. The molecular formula is C32H10F28N4. The SMILES string of the molecule is FC(F)(F)C(F)(F)C(F)(F)c1c2nc(c(C(F)(F)C(F)(F)C(F)(F)F)c3ccc([nH]3)c(C(F)(F)C(F)(F)C(F)(F)F)c3ccc([nH]3)c(C(F)(F)C(F)(F)C(F)(F)F)c3nc1C=C3)C=C2. The Labute approximate surface area is 331 Å². The van der Waals surface area contributed by atoms with Crippen molar-refractivity contribution < 1.29 is 123 Å². The van der Waals surface area contributed by atoms with Gasteiger partial charge in [0.2, 0.25) is 0 Å². The van der Waals surface area contributed by atoms with Crippen molar-refractivity contribution in [3.8, 4) is 0 Å². The van der Waals surface area contributed by atoms with Crippen molar-refractivity contribution in [2.45, 2.75) is 72.1 Å². The number of rotatable bonds is 8. The summed E-state index contributed by atoms with van der Waals surface area (Å²) in [6.45, 7) is 0. The Kier molecular flexibility index (Phi) is 10.9. The molecule has 4 nitrogen and oxygen atoms in total. The molecule has 0 fully saturated rings. The summed E-state index contributed by atoms with van der Waals surface area (Å²) in [7, 11) is 0. The number of nitrogens with one attached hydrogen (secondary N) is 2. The highest BCUT2D eigenvalue weighted by atomic mass is 19.5. The molecule has 0 saturated carbocycles. The van der Waals surface area contributed by atoms with Crippen LogP contribution >= 0.6 is 0 Å². The average Bonchev–Trinajstić information content (AvgIpc) is 3.93. The van der Waals surface area contributed by atoms with Crippen molar-refractivity contribution in [2.75, 3.05) is 0 Å². The molecule has 0 amide bonds. The summed E-state index contributed by atoms with van der Waals surface area (Å²) < 4.78 is 402. The molecule has 2 N–H and O–H groups in total. The first-order valence-corrected chi connectivity index (χ1v) is 15.8. The van der Waals surface area contributed by atoms with E-state index >= 15 is 35.1 Å².